The summed E-state index contributed by atoms with van der Waals surface area (Å²) in [4.78, 5) is 52.6. The van der Waals surface area contributed by atoms with Gasteiger partial charge in [0.25, 0.3) is 11.2 Å². The Bertz CT molecular complexity index is 1280. The van der Waals surface area contributed by atoms with Gasteiger partial charge in [-0.1, -0.05) is 13.0 Å². The van der Waals surface area contributed by atoms with Gasteiger partial charge in [-0.3, -0.25) is 28.8 Å². The quantitative estimate of drug-likeness (QED) is 0.359. The number of anilines is 1. The van der Waals surface area contributed by atoms with Crippen LogP contribution in [0.25, 0.3) is 11.0 Å². The summed E-state index contributed by atoms with van der Waals surface area (Å²) in [6.07, 6.45) is 2.19. The fraction of sp³-hybridized carbons (Fsp3) is 0.263. The highest BCUT2D eigenvalue weighted by atomic mass is 32.2. The van der Waals surface area contributed by atoms with Crippen molar-refractivity contribution < 1.29 is 9.72 Å². The predicted molar refractivity (Wildman–Crippen MR) is 114 cm³/mol. The van der Waals surface area contributed by atoms with E-state index in [1.807, 2.05) is 6.92 Å². The molecule has 2 heterocycles. The van der Waals surface area contributed by atoms with Crippen molar-refractivity contribution in [2.24, 2.45) is 14.1 Å². The van der Waals surface area contributed by atoms with Gasteiger partial charge in [-0.25, -0.2) is 9.78 Å². The molecule has 1 aromatic carbocycles. The van der Waals surface area contributed by atoms with Crippen molar-refractivity contribution in [2.75, 3.05) is 11.1 Å². The predicted octanol–water partition coefficient (Wildman–Crippen LogP) is 1.83. The minimum Gasteiger partial charge on any atom is -0.325 e. The second-order valence-corrected chi connectivity index (χ2v) is 7.50. The fourth-order valence-corrected chi connectivity index (χ4v) is 4.04. The zero-order chi connectivity index (χ0) is 22.0. The summed E-state index contributed by atoms with van der Waals surface area (Å²) in [5.74, 6) is -0.407. The molecule has 0 aliphatic carbocycles. The summed E-state index contributed by atoms with van der Waals surface area (Å²) in [6, 6.07) is 5.64. The zero-order valence-electron chi connectivity index (χ0n) is 16.5. The molecule has 30 heavy (non-hydrogen) atoms. The molecule has 1 amide bonds. The van der Waals surface area contributed by atoms with Gasteiger partial charge < -0.3 is 5.32 Å². The van der Waals surface area contributed by atoms with E-state index in [9.17, 15) is 24.5 Å². The number of benzene rings is 1. The molecule has 0 aliphatic rings. The van der Waals surface area contributed by atoms with Crippen LogP contribution in [0, 0.1) is 10.1 Å². The number of nitro benzene ring substituents is 1. The number of aryl methyl sites for hydroxylation is 2. The number of pyridine rings is 1. The lowest BCUT2D eigenvalue weighted by molar-refractivity contribution is -0.384. The average molecular weight is 429 g/mol. The number of carbonyl (C=O) groups excluding carboxylic acids is 1. The molecule has 0 saturated carbocycles. The van der Waals surface area contributed by atoms with Gasteiger partial charge >= 0.3 is 5.69 Å². The van der Waals surface area contributed by atoms with Crippen LogP contribution in [-0.2, 0) is 25.3 Å². The van der Waals surface area contributed by atoms with E-state index in [1.165, 1.54) is 36.9 Å². The standard InChI is InChI=1S/C19H19N5O5S/c1-4-11-9-20-17-15(18(26)23(3)19(27)22(17)2)16(11)30-10-14(25)21-12-6-5-7-13(8-12)24(28)29/h5-9H,4,10H2,1-3H3,(H,21,25). The normalized spacial score (nSPS) is 10.9. The lowest BCUT2D eigenvalue weighted by Gasteiger charge is -2.13. The van der Waals surface area contributed by atoms with E-state index in [1.54, 1.807) is 12.3 Å². The maximum absolute atomic E-state index is 12.8. The monoisotopic (exact) mass is 429 g/mol. The van der Waals surface area contributed by atoms with E-state index in [-0.39, 0.29) is 28.4 Å². The molecule has 156 valence electrons. The van der Waals surface area contributed by atoms with Crippen LogP contribution in [0.4, 0.5) is 11.4 Å². The summed E-state index contributed by atoms with van der Waals surface area (Å²) in [5, 5.41) is 13.8. The zero-order valence-corrected chi connectivity index (χ0v) is 17.4. The van der Waals surface area contributed by atoms with Crippen LogP contribution in [0.3, 0.4) is 0 Å². The molecule has 11 heteroatoms. The Morgan fingerprint density at radius 3 is 2.67 bits per heavy atom. The van der Waals surface area contributed by atoms with Crippen LogP contribution in [0.15, 0.2) is 44.9 Å². The molecule has 3 aromatic rings. The first-order valence-corrected chi connectivity index (χ1v) is 9.97. The summed E-state index contributed by atoms with van der Waals surface area (Å²) < 4.78 is 2.31. The van der Waals surface area contributed by atoms with Gasteiger partial charge in [0.05, 0.1) is 16.1 Å². The number of aromatic nitrogens is 3. The molecule has 1 N–H and O–H groups in total. The summed E-state index contributed by atoms with van der Waals surface area (Å²) in [7, 11) is 2.93. The lowest BCUT2D eigenvalue weighted by Crippen LogP contribution is -2.37. The number of rotatable bonds is 6. The van der Waals surface area contributed by atoms with Crippen LogP contribution in [0.1, 0.15) is 12.5 Å². The number of nitro groups is 1. The number of hydrogen-bond acceptors (Lipinski definition) is 7. The van der Waals surface area contributed by atoms with E-state index in [0.717, 1.165) is 21.9 Å². The molecular weight excluding hydrogens is 410 g/mol. The second kappa shape index (κ2) is 8.49. The third-order valence-electron chi connectivity index (χ3n) is 4.56. The van der Waals surface area contributed by atoms with Crippen LogP contribution in [0.5, 0.6) is 0 Å². The van der Waals surface area contributed by atoms with E-state index in [4.69, 9.17) is 0 Å². The summed E-state index contributed by atoms with van der Waals surface area (Å²) >= 11 is 1.16. The highest BCUT2D eigenvalue weighted by Crippen LogP contribution is 2.28. The second-order valence-electron chi connectivity index (χ2n) is 6.51. The average Bonchev–Trinajstić information content (AvgIpc) is 2.74. The third kappa shape index (κ3) is 3.96. The van der Waals surface area contributed by atoms with Gasteiger partial charge in [-0.2, -0.15) is 0 Å². The van der Waals surface area contributed by atoms with Gasteiger partial charge in [0, 0.05) is 43.0 Å². The van der Waals surface area contributed by atoms with Crippen molar-refractivity contribution in [3.8, 4) is 0 Å². The number of amides is 1. The first-order valence-electron chi connectivity index (χ1n) is 8.99. The minimum absolute atomic E-state index is 0.0270. The third-order valence-corrected chi connectivity index (χ3v) is 5.73. The van der Waals surface area contributed by atoms with Gasteiger partial charge in [0.1, 0.15) is 5.65 Å². The molecule has 3 rings (SSSR count). The van der Waals surface area contributed by atoms with Gasteiger partial charge in [0.15, 0.2) is 0 Å². The van der Waals surface area contributed by atoms with Gasteiger partial charge in [0.2, 0.25) is 5.91 Å². The molecule has 0 fully saturated rings. The van der Waals surface area contributed by atoms with Gasteiger partial charge in [-0.05, 0) is 18.1 Å². The molecule has 0 atom stereocenters. The first-order chi connectivity index (χ1) is 14.2. The molecule has 0 spiro atoms. The summed E-state index contributed by atoms with van der Waals surface area (Å²) in [6.45, 7) is 1.91. The molecule has 2 aromatic heterocycles. The number of nitrogens with zero attached hydrogens (tertiary/aromatic N) is 4. The lowest BCUT2D eigenvalue weighted by atomic mass is 10.2. The van der Waals surface area contributed by atoms with Crippen molar-refractivity contribution in [3.63, 3.8) is 0 Å². The molecule has 10 nitrogen and oxygen atoms in total. The van der Waals surface area contributed by atoms with Crippen LogP contribution < -0.4 is 16.6 Å². The van der Waals surface area contributed by atoms with E-state index >= 15 is 0 Å². The Balaban J connectivity index is 1.93. The highest BCUT2D eigenvalue weighted by Gasteiger charge is 2.18. The Hall–Kier alpha value is -3.47. The Morgan fingerprint density at radius 1 is 1.27 bits per heavy atom. The van der Waals surface area contributed by atoms with Crippen LogP contribution in [0.2, 0.25) is 0 Å². The largest absolute Gasteiger partial charge is 0.332 e. The van der Waals surface area contributed by atoms with Crippen molar-refractivity contribution >= 4 is 40.1 Å². The number of nitrogens with one attached hydrogen (secondary N) is 1. The van der Waals surface area contributed by atoms with Crippen LogP contribution >= 0.6 is 11.8 Å². The molecule has 0 saturated heterocycles. The topological polar surface area (TPSA) is 129 Å². The number of carbonyl (C=O) groups is 1. The van der Waals surface area contributed by atoms with Crippen molar-refractivity contribution in [1.29, 1.82) is 0 Å². The molecule has 0 aliphatic heterocycles. The maximum atomic E-state index is 12.8. The van der Waals surface area contributed by atoms with E-state index in [0.29, 0.717) is 17.0 Å². The molecular formula is C19H19N5O5S. The molecule has 0 radical (unpaired) electrons. The molecule has 0 unspecified atom stereocenters. The Morgan fingerprint density at radius 2 is 2.00 bits per heavy atom. The smallest absolute Gasteiger partial charge is 0.325 e. The SMILES string of the molecule is CCc1cnc2c(c1SCC(=O)Nc1cccc([N+](=O)[O-])c1)c(=O)n(C)c(=O)n2C. The number of hydrogen-bond donors (Lipinski definition) is 1. The number of fused-ring (bicyclic) bond motifs is 1. The van der Waals surface area contributed by atoms with E-state index in [2.05, 4.69) is 10.3 Å². The minimum atomic E-state index is -0.541. The fourth-order valence-electron chi connectivity index (χ4n) is 2.99. The molecule has 0 bridgehead atoms. The van der Waals surface area contributed by atoms with Crippen LogP contribution in [-0.4, -0.2) is 30.7 Å². The van der Waals surface area contributed by atoms with Crippen molar-refractivity contribution in [1.82, 2.24) is 14.1 Å². The maximum Gasteiger partial charge on any atom is 0.332 e. The Labute approximate surface area is 174 Å². The van der Waals surface area contributed by atoms with Crippen molar-refractivity contribution in [2.45, 2.75) is 18.2 Å². The first kappa shape index (κ1) is 21.2. The highest BCUT2D eigenvalue weighted by molar-refractivity contribution is 8.00. The number of thioether (sulfide) groups is 1. The van der Waals surface area contributed by atoms with Gasteiger partial charge in [-0.15, -0.1) is 11.8 Å². The van der Waals surface area contributed by atoms with E-state index < -0.39 is 16.2 Å². The summed E-state index contributed by atoms with van der Waals surface area (Å²) in [5.41, 5.74) is 0.260. The number of non-ortho nitro benzene ring substituents is 1. The van der Waals surface area contributed by atoms with Crippen molar-refractivity contribution in [3.05, 3.63) is 67.0 Å². The Kier molecular flexibility index (Phi) is 6.01.